The number of aliphatic hydroxyl groups excluding tert-OH is 2. The normalized spacial score (nSPS) is 48.3. The summed E-state index contributed by atoms with van der Waals surface area (Å²) in [5.41, 5.74) is -1.75. The molecule has 0 aromatic heterocycles. The Morgan fingerprint density at radius 2 is 1.53 bits per heavy atom. The van der Waals surface area contributed by atoms with E-state index < -0.39 is 109 Å². The van der Waals surface area contributed by atoms with Gasteiger partial charge in [0.2, 0.25) is 0 Å². The van der Waals surface area contributed by atoms with Crippen LogP contribution in [0.15, 0.2) is 24.3 Å². The highest BCUT2D eigenvalue weighted by Crippen LogP contribution is 2.37. The van der Waals surface area contributed by atoms with Gasteiger partial charge in [-0.1, -0.05) is 19.9 Å². The zero-order valence-electron chi connectivity index (χ0n) is 30.0. The number of carbonyl (C=O) groups is 2. The van der Waals surface area contributed by atoms with Gasteiger partial charge in [-0.3, -0.25) is 4.79 Å². The number of carbonyl (C=O) groups excluding carboxylic acids is 2. The van der Waals surface area contributed by atoms with Crippen LogP contribution in [0.2, 0.25) is 0 Å². The topological polar surface area (TPSA) is 181 Å². The Morgan fingerprint density at radius 3 is 2.18 bits per heavy atom. The summed E-state index contributed by atoms with van der Waals surface area (Å²) in [5, 5.41) is 32.8. The maximum atomic E-state index is 13.3. The number of rotatable bonds is 8. The third-order valence-corrected chi connectivity index (χ3v) is 10.1. The first-order valence-electron chi connectivity index (χ1n) is 17.1. The first-order chi connectivity index (χ1) is 23.1. The SMILES string of the molecule is CO[C@@H]1[C@H](O)[C@@H](C)O[C@@H](OC[C@H]2[C@@H]3O[C@H]3/C=C\C(=O)[C@@](C)(O)C[C@H](C)[C@H](O[C@@H]3O[C@H](C)C[C@H](OC)[C@H]3O)[C@@H](C)/C=C\C(=O)O[C@@H]2C)[C@@H]1OC. The zero-order chi connectivity index (χ0) is 36.2. The van der Waals surface area contributed by atoms with Gasteiger partial charge in [0.05, 0.1) is 37.1 Å². The minimum Gasteiger partial charge on any atom is -0.459 e. The van der Waals surface area contributed by atoms with Crippen LogP contribution in [0, 0.1) is 17.8 Å². The first kappa shape index (κ1) is 40.0. The van der Waals surface area contributed by atoms with E-state index in [0.29, 0.717) is 6.42 Å². The van der Waals surface area contributed by atoms with Crippen LogP contribution < -0.4 is 0 Å². The predicted molar refractivity (Wildman–Crippen MR) is 173 cm³/mol. The van der Waals surface area contributed by atoms with Gasteiger partial charge in [-0.25, -0.2) is 4.79 Å². The molecule has 3 N–H and O–H groups in total. The number of fused-ring (bicyclic) bond motifs is 1. The van der Waals surface area contributed by atoms with E-state index in [1.165, 1.54) is 40.4 Å². The Balaban J connectivity index is 1.56. The van der Waals surface area contributed by atoms with Gasteiger partial charge in [0.1, 0.15) is 42.2 Å². The van der Waals surface area contributed by atoms with Crippen molar-refractivity contribution in [3.63, 3.8) is 0 Å². The molecule has 14 nitrogen and oxygen atoms in total. The Bertz CT molecular complexity index is 1160. The number of hydrogen-bond donors (Lipinski definition) is 3. The van der Waals surface area contributed by atoms with Gasteiger partial charge in [0, 0.05) is 45.7 Å². The largest absolute Gasteiger partial charge is 0.459 e. The minimum atomic E-state index is -1.75. The van der Waals surface area contributed by atoms with Crippen LogP contribution in [0.3, 0.4) is 0 Å². The van der Waals surface area contributed by atoms with Crippen LogP contribution >= 0.6 is 0 Å². The molecule has 4 aliphatic heterocycles. The van der Waals surface area contributed by atoms with Gasteiger partial charge >= 0.3 is 5.97 Å². The second-order valence-electron chi connectivity index (χ2n) is 14.1. The number of aliphatic hydroxyl groups is 3. The minimum absolute atomic E-state index is 0.0234. The second kappa shape index (κ2) is 17.1. The first-order valence-corrected chi connectivity index (χ1v) is 17.1. The zero-order valence-corrected chi connectivity index (χ0v) is 30.0. The Labute approximate surface area is 288 Å². The van der Waals surface area contributed by atoms with E-state index in [9.17, 15) is 24.9 Å². The van der Waals surface area contributed by atoms with Gasteiger partial charge in [0.15, 0.2) is 18.4 Å². The van der Waals surface area contributed by atoms with Crippen LogP contribution in [0.4, 0.5) is 0 Å². The molecule has 0 amide bonds. The molecule has 0 aliphatic carbocycles. The fourth-order valence-corrected chi connectivity index (χ4v) is 7.12. The van der Waals surface area contributed by atoms with Crippen LogP contribution in [-0.2, 0) is 52.2 Å². The molecule has 4 heterocycles. The molecule has 14 heteroatoms. The molecular weight excluding hydrogens is 644 g/mol. The molecule has 0 aromatic carbocycles. The number of epoxide rings is 1. The molecule has 17 atom stereocenters. The summed E-state index contributed by atoms with van der Waals surface area (Å²) in [4.78, 5) is 26.5. The monoisotopic (exact) mass is 700 g/mol. The third kappa shape index (κ3) is 9.74. The highest BCUT2D eigenvalue weighted by Gasteiger charge is 2.50. The molecule has 49 heavy (non-hydrogen) atoms. The van der Waals surface area contributed by atoms with Crippen molar-refractivity contribution >= 4 is 11.8 Å². The second-order valence-corrected chi connectivity index (χ2v) is 14.1. The van der Waals surface area contributed by atoms with Gasteiger partial charge in [-0.15, -0.1) is 0 Å². The maximum absolute atomic E-state index is 13.3. The highest BCUT2D eigenvalue weighted by molar-refractivity contribution is 5.96. The maximum Gasteiger partial charge on any atom is 0.330 e. The number of ether oxygens (including phenoxy) is 9. The molecule has 0 saturated carbocycles. The van der Waals surface area contributed by atoms with Crippen molar-refractivity contribution in [1.29, 1.82) is 0 Å². The van der Waals surface area contributed by atoms with Crippen molar-refractivity contribution in [1.82, 2.24) is 0 Å². The van der Waals surface area contributed by atoms with E-state index >= 15 is 0 Å². The molecule has 0 radical (unpaired) electrons. The molecule has 0 bridgehead atoms. The lowest BCUT2D eigenvalue weighted by atomic mass is 9.82. The van der Waals surface area contributed by atoms with E-state index in [-0.39, 0.29) is 19.1 Å². The Kier molecular flexibility index (Phi) is 14.0. The van der Waals surface area contributed by atoms with E-state index in [4.69, 9.17) is 42.6 Å². The number of ketones is 1. The summed E-state index contributed by atoms with van der Waals surface area (Å²) in [6.07, 6.45) is -2.67. The van der Waals surface area contributed by atoms with Crippen molar-refractivity contribution in [2.75, 3.05) is 27.9 Å². The quantitative estimate of drug-likeness (QED) is 0.245. The fourth-order valence-electron chi connectivity index (χ4n) is 7.12. The molecular formula is C35H56O14. The molecule has 3 fully saturated rings. The number of hydrogen-bond acceptors (Lipinski definition) is 14. The summed E-state index contributed by atoms with van der Waals surface area (Å²) in [7, 11) is 4.46. The Morgan fingerprint density at radius 1 is 0.837 bits per heavy atom. The molecule has 0 aromatic rings. The van der Waals surface area contributed by atoms with E-state index in [0.717, 1.165) is 0 Å². The van der Waals surface area contributed by atoms with Crippen molar-refractivity contribution in [3.8, 4) is 0 Å². The number of esters is 1. The fraction of sp³-hybridized carbons (Fsp3) is 0.829. The van der Waals surface area contributed by atoms with Crippen molar-refractivity contribution in [2.24, 2.45) is 17.8 Å². The van der Waals surface area contributed by atoms with Crippen molar-refractivity contribution < 1.29 is 67.5 Å². The molecule has 280 valence electrons. The van der Waals surface area contributed by atoms with E-state index in [2.05, 4.69) is 0 Å². The van der Waals surface area contributed by atoms with Gasteiger partial charge in [0.25, 0.3) is 0 Å². The summed E-state index contributed by atoms with van der Waals surface area (Å²) in [6.45, 7) is 10.4. The smallest absolute Gasteiger partial charge is 0.330 e. The standard InChI is InChI=1S/C35H56O14/c1-17-10-13-26(37)46-20(4)22(16-44-34-32(43-9)31(42-8)27(38)21(5)47-34)30-23(48-30)11-12-25(36)35(6,40)15-18(2)29(17)49-33-28(39)24(41-7)14-19(3)45-33/h10-13,17-24,27-34,38-40H,14-16H2,1-9H3/b12-11-,13-10-/t17-,18-,19+,20+,21+,22+,23-,24-,27+,28+,29+,30-,31+,32+,33-,34+,35-/m0/s1. The van der Waals surface area contributed by atoms with Gasteiger partial charge in [-0.2, -0.15) is 0 Å². The predicted octanol–water partition coefficient (Wildman–Crippen LogP) is 1.46. The number of cyclic esters (lactones) is 1. The van der Waals surface area contributed by atoms with Crippen molar-refractivity contribution in [3.05, 3.63) is 24.3 Å². The van der Waals surface area contributed by atoms with E-state index in [1.807, 2.05) is 20.8 Å². The third-order valence-electron chi connectivity index (χ3n) is 10.1. The summed E-state index contributed by atoms with van der Waals surface area (Å²) in [6, 6.07) is 0. The lowest BCUT2D eigenvalue weighted by molar-refractivity contribution is -0.305. The molecule has 0 spiro atoms. The van der Waals surface area contributed by atoms with Crippen molar-refractivity contribution in [2.45, 2.75) is 140 Å². The molecule has 0 unspecified atom stereocenters. The molecule has 3 saturated heterocycles. The average Bonchev–Trinajstić information content (AvgIpc) is 3.82. The number of methoxy groups -OCH3 is 3. The molecule has 4 rings (SSSR count). The van der Waals surface area contributed by atoms with Crippen LogP contribution in [-0.4, -0.2) is 140 Å². The van der Waals surface area contributed by atoms with Crippen LogP contribution in [0.25, 0.3) is 0 Å². The summed E-state index contributed by atoms with van der Waals surface area (Å²) in [5.74, 6) is -2.45. The summed E-state index contributed by atoms with van der Waals surface area (Å²) >= 11 is 0. The average molecular weight is 701 g/mol. The van der Waals surface area contributed by atoms with Crippen LogP contribution in [0.5, 0.6) is 0 Å². The highest BCUT2D eigenvalue weighted by atomic mass is 16.7. The Hall–Kier alpha value is -1.82. The lowest BCUT2D eigenvalue weighted by Gasteiger charge is -2.42. The van der Waals surface area contributed by atoms with Gasteiger partial charge in [-0.05, 0) is 52.2 Å². The van der Waals surface area contributed by atoms with Gasteiger partial charge < -0.3 is 58.0 Å². The molecule has 4 aliphatic rings. The van der Waals surface area contributed by atoms with Crippen LogP contribution in [0.1, 0.15) is 54.4 Å². The van der Waals surface area contributed by atoms with E-state index in [1.54, 1.807) is 26.0 Å². The lowest BCUT2D eigenvalue weighted by Crippen LogP contribution is -2.59. The summed E-state index contributed by atoms with van der Waals surface area (Å²) < 4.78 is 52.6.